The second-order valence-corrected chi connectivity index (χ2v) is 8.87. The Labute approximate surface area is 216 Å². The number of hydrogen-bond donors (Lipinski definition) is 0. The van der Waals surface area contributed by atoms with E-state index in [0.29, 0.717) is 0 Å². The highest BCUT2D eigenvalue weighted by Gasteiger charge is 2.26. The molecule has 0 saturated heterocycles. The molecule has 0 amide bonds. The van der Waals surface area contributed by atoms with Gasteiger partial charge < -0.3 is 8.83 Å². The van der Waals surface area contributed by atoms with Gasteiger partial charge >= 0.3 is 0 Å². The zero-order chi connectivity index (χ0) is 25.5. The summed E-state index contributed by atoms with van der Waals surface area (Å²) in [6.07, 6.45) is 8.05. The zero-order valence-electron chi connectivity index (χ0n) is 21.3. The number of allylic oxidation sites excluding steroid dienone is 5. The number of benzene rings is 5. The van der Waals surface area contributed by atoms with Crippen molar-refractivity contribution < 1.29 is 8.83 Å². The molecule has 0 unspecified atom stereocenters. The third kappa shape index (κ3) is 3.41. The van der Waals surface area contributed by atoms with Crippen molar-refractivity contribution in [3.05, 3.63) is 115 Å². The molecule has 180 valence electrons. The van der Waals surface area contributed by atoms with Crippen LogP contribution in [0.4, 0.5) is 0 Å². The SMILES string of the molecule is C=C/C=C(\C=C/C)c1ccc2oc3ccc4c(-c5ccccc5)ccc5oc6ccc1c2c6-c3c54.CC. The predicted molar refractivity (Wildman–Crippen MR) is 159 cm³/mol. The summed E-state index contributed by atoms with van der Waals surface area (Å²) < 4.78 is 13.1. The van der Waals surface area contributed by atoms with E-state index in [1.807, 2.05) is 39.0 Å². The first-order valence-electron chi connectivity index (χ1n) is 12.8. The molecule has 0 spiro atoms. The maximum Gasteiger partial charge on any atom is 0.136 e. The summed E-state index contributed by atoms with van der Waals surface area (Å²) in [7, 11) is 0. The van der Waals surface area contributed by atoms with E-state index in [1.54, 1.807) is 0 Å². The fourth-order valence-electron chi connectivity index (χ4n) is 5.53. The van der Waals surface area contributed by atoms with Gasteiger partial charge in [0.2, 0.25) is 0 Å². The van der Waals surface area contributed by atoms with Gasteiger partial charge in [-0.2, -0.15) is 0 Å². The summed E-state index contributed by atoms with van der Waals surface area (Å²) in [5, 5.41) is 4.51. The van der Waals surface area contributed by atoms with Crippen LogP contribution in [0, 0.1) is 0 Å². The molecule has 2 aliphatic rings. The molecule has 0 aromatic heterocycles. The summed E-state index contributed by atoms with van der Waals surface area (Å²) in [4.78, 5) is 0. The van der Waals surface area contributed by atoms with Crippen molar-refractivity contribution in [3.63, 3.8) is 0 Å². The van der Waals surface area contributed by atoms with Crippen molar-refractivity contribution in [2.45, 2.75) is 20.8 Å². The third-order valence-corrected chi connectivity index (χ3v) is 6.94. The van der Waals surface area contributed by atoms with Crippen molar-refractivity contribution in [2.75, 3.05) is 0 Å². The molecule has 2 heteroatoms. The quantitative estimate of drug-likeness (QED) is 0.142. The van der Waals surface area contributed by atoms with Crippen LogP contribution in [0.1, 0.15) is 26.3 Å². The Morgan fingerprint density at radius 3 is 1.92 bits per heavy atom. The minimum Gasteiger partial charge on any atom is -0.456 e. The van der Waals surface area contributed by atoms with Crippen molar-refractivity contribution in [1.29, 1.82) is 0 Å². The summed E-state index contributed by atoms with van der Waals surface area (Å²) in [5.74, 6) is 0. The van der Waals surface area contributed by atoms with E-state index in [2.05, 4.69) is 91.5 Å². The second kappa shape index (κ2) is 9.15. The van der Waals surface area contributed by atoms with Crippen molar-refractivity contribution in [2.24, 2.45) is 0 Å². The molecule has 2 heterocycles. The first kappa shape index (κ1) is 22.9. The lowest BCUT2D eigenvalue weighted by atomic mass is 9.86. The maximum absolute atomic E-state index is 6.53. The molecule has 2 aliphatic heterocycles. The molecule has 0 fully saturated rings. The predicted octanol–water partition coefficient (Wildman–Crippen LogP) is 10.9. The Kier molecular flexibility index (Phi) is 5.65. The summed E-state index contributed by atoms with van der Waals surface area (Å²) >= 11 is 0. The minimum atomic E-state index is 0.858. The Morgan fingerprint density at radius 1 is 0.676 bits per heavy atom. The van der Waals surface area contributed by atoms with Crippen LogP contribution in [-0.2, 0) is 0 Å². The van der Waals surface area contributed by atoms with Gasteiger partial charge in [-0.25, -0.2) is 0 Å². The average Bonchev–Trinajstić information content (AvgIpc) is 2.96. The maximum atomic E-state index is 6.53. The van der Waals surface area contributed by atoms with Crippen molar-refractivity contribution >= 4 is 49.5 Å². The van der Waals surface area contributed by atoms with Gasteiger partial charge in [0.1, 0.15) is 22.3 Å². The van der Waals surface area contributed by atoms with E-state index >= 15 is 0 Å². The highest BCUT2D eigenvalue weighted by molar-refractivity contribution is 6.25. The molecule has 0 N–H and O–H groups in total. The van der Waals surface area contributed by atoms with Crippen molar-refractivity contribution in [3.8, 4) is 22.3 Å². The van der Waals surface area contributed by atoms with Crippen LogP contribution in [0.25, 0.3) is 71.7 Å². The molecular weight excluding hydrogens is 452 g/mol. The lowest BCUT2D eigenvalue weighted by Crippen LogP contribution is -1.96. The highest BCUT2D eigenvalue weighted by atomic mass is 16.3. The molecule has 0 aliphatic carbocycles. The lowest BCUT2D eigenvalue weighted by molar-refractivity contribution is 0.646. The summed E-state index contributed by atoms with van der Waals surface area (Å²) in [6.45, 7) is 9.95. The van der Waals surface area contributed by atoms with E-state index in [9.17, 15) is 0 Å². The van der Waals surface area contributed by atoms with Gasteiger partial charge in [-0.15, -0.1) is 0 Å². The van der Waals surface area contributed by atoms with Gasteiger partial charge in [-0.1, -0.05) is 87.2 Å². The molecule has 0 radical (unpaired) electrons. The van der Waals surface area contributed by atoms with Crippen LogP contribution in [0.15, 0.2) is 119 Å². The smallest absolute Gasteiger partial charge is 0.136 e. The topological polar surface area (TPSA) is 26.3 Å². The van der Waals surface area contributed by atoms with Gasteiger partial charge in [0.05, 0.1) is 0 Å². The molecule has 2 nitrogen and oxygen atoms in total. The standard InChI is InChI=1S/C33H22O2.C2H6/c1-3-8-20(9-4-2)22-12-16-26-30-24(22)14-18-28-32(30)33-29(34-26)19-15-25-23(21-10-6-5-7-11-21)13-17-27(35-28)31(25)33;1-2/h3-19H,1H2,2H3;1-2H3/b9-4-,20-8+;. The van der Waals surface area contributed by atoms with E-state index in [4.69, 9.17) is 8.83 Å². The van der Waals surface area contributed by atoms with E-state index in [0.717, 1.165) is 60.8 Å². The molecule has 5 aromatic rings. The monoisotopic (exact) mass is 480 g/mol. The average molecular weight is 481 g/mol. The number of hydrogen-bond acceptors (Lipinski definition) is 2. The van der Waals surface area contributed by atoms with Crippen molar-refractivity contribution in [1.82, 2.24) is 0 Å². The third-order valence-electron chi connectivity index (χ3n) is 6.94. The molecule has 5 aromatic carbocycles. The Morgan fingerprint density at radius 2 is 1.27 bits per heavy atom. The first-order valence-corrected chi connectivity index (χ1v) is 12.8. The molecule has 37 heavy (non-hydrogen) atoms. The van der Waals surface area contributed by atoms with Crippen LogP contribution in [-0.4, -0.2) is 0 Å². The lowest BCUT2D eigenvalue weighted by Gasteiger charge is -2.21. The molecule has 7 rings (SSSR count). The van der Waals surface area contributed by atoms with Gasteiger partial charge in [0, 0.05) is 21.9 Å². The fraction of sp³-hybridized carbons (Fsp3) is 0.0857. The first-order chi connectivity index (χ1) is 18.3. The molecular formula is C35H28O2. The fourth-order valence-corrected chi connectivity index (χ4v) is 5.53. The minimum absolute atomic E-state index is 0.858. The van der Waals surface area contributed by atoms with Gasteiger partial charge in [-0.05, 0) is 76.4 Å². The highest BCUT2D eigenvalue weighted by Crippen LogP contribution is 2.50. The Bertz CT molecular complexity index is 1910. The molecule has 0 atom stereocenters. The zero-order valence-corrected chi connectivity index (χ0v) is 21.3. The van der Waals surface area contributed by atoms with E-state index in [1.165, 1.54) is 16.5 Å². The Hall–Kier alpha value is -4.56. The van der Waals surface area contributed by atoms with Gasteiger partial charge in [-0.3, -0.25) is 0 Å². The second-order valence-electron chi connectivity index (χ2n) is 8.87. The number of rotatable bonds is 4. The summed E-state index contributed by atoms with van der Waals surface area (Å²) in [5.41, 5.74) is 10.3. The van der Waals surface area contributed by atoms with Gasteiger partial charge in [0.15, 0.2) is 0 Å². The Balaban J connectivity index is 0.00000123. The molecule has 0 bridgehead atoms. The van der Waals surface area contributed by atoms with Crippen LogP contribution in [0.5, 0.6) is 0 Å². The van der Waals surface area contributed by atoms with Gasteiger partial charge in [0.25, 0.3) is 0 Å². The van der Waals surface area contributed by atoms with Crippen LogP contribution >= 0.6 is 0 Å². The van der Waals surface area contributed by atoms with Crippen LogP contribution < -0.4 is 0 Å². The van der Waals surface area contributed by atoms with Crippen LogP contribution in [0.3, 0.4) is 0 Å². The normalized spacial score (nSPS) is 12.4. The largest absolute Gasteiger partial charge is 0.456 e. The van der Waals surface area contributed by atoms with E-state index < -0.39 is 0 Å². The van der Waals surface area contributed by atoms with Crippen LogP contribution in [0.2, 0.25) is 0 Å². The summed E-state index contributed by atoms with van der Waals surface area (Å²) in [6, 6.07) is 27.4. The van der Waals surface area contributed by atoms with E-state index in [-0.39, 0.29) is 0 Å². The molecule has 0 saturated carbocycles.